The van der Waals surface area contributed by atoms with E-state index in [1.54, 1.807) is 24.3 Å². The predicted molar refractivity (Wildman–Crippen MR) is 84.7 cm³/mol. The lowest BCUT2D eigenvalue weighted by Crippen LogP contribution is -2.11. The summed E-state index contributed by atoms with van der Waals surface area (Å²) in [5.41, 5.74) is 0.929. The van der Waals surface area contributed by atoms with Crippen LogP contribution in [0.25, 0.3) is 0 Å². The van der Waals surface area contributed by atoms with Crippen molar-refractivity contribution in [3.63, 3.8) is 0 Å². The van der Waals surface area contributed by atoms with Gasteiger partial charge in [-0.05, 0) is 42.8 Å². The fraction of sp³-hybridized carbons (Fsp3) is 0.143. The molecule has 0 atom stereocenters. The molecule has 4 nitrogen and oxygen atoms in total. The van der Waals surface area contributed by atoms with E-state index in [9.17, 15) is 8.42 Å². The Morgan fingerprint density at radius 3 is 2.43 bits per heavy atom. The summed E-state index contributed by atoms with van der Waals surface area (Å²) in [5, 5.41) is 0.0791. The van der Waals surface area contributed by atoms with Crippen molar-refractivity contribution in [1.29, 1.82) is 0 Å². The van der Waals surface area contributed by atoms with Crippen LogP contribution in [0.1, 0.15) is 5.56 Å². The lowest BCUT2D eigenvalue weighted by molar-refractivity contribution is 0.390. The standard InChI is InChI=1S/C14H12BrClO4S/c1-9-3-5-12(13(7-9)19-2)20-21(17,18)14-6-4-10(15)8-11(14)16/h3-8H,1-2H3. The van der Waals surface area contributed by atoms with E-state index in [-0.39, 0.29) is 15.7 Å². The van der Waals surface area contributed by atoms with E-state index in [1.807, 2.05) is 6.92 Å². The zero-order valence-corrected chi connectivity index (χ0v) is 14.4. The Balaban J connectivity index is 2.42. The van der Waals surface area contributed by atoms with Gasteiger partial charge in [0.1, 0.15) is 4.90 Å². The fourth-order valence-electron chi connectivity index (χ4n) is 1.68. The molecule has 2 aromatic rings. The highest BCUT2D eigenvalue weighted by molar-refractivity contribution is 9.10. The van der Waals surface area contributed by atoms with Crippen LogP contribution < -0.4 is 8.92 Å². The second kappa shape index (κ2) is 6.25. The van der Waals surface area contributed by atoms with Gasteiger partial charge in [-0.1, -0.05) is 33.6 Å². The highest BCUT2D eigenvalue weighted by Gasteiger charge is 2.22. The first-order chi connectivity index (χ1) is 9.83. The van der Waals surface area contributed by atoms with Crippen molar-refractivity contribution in [2.45, 2.75) is 11.8 Å². The van der Waals surface area contributed by atoms with Gasteiger partial charge < -0.3 is 8.92 Å². The molecule has 0 saturated heterocycles. The van der Waals surface area contributed by atoms with Crippen molar-refractivity contribution in [2.24, 2.45) is 0 Å². The van der Waals surface area contributed by atoms with Crippen molar-refractivity contribution in [1.82, 2.24) is 0 Å². The van der Waals surface area contributed by atoms with E-state index in [1.165, 1.54) is 19.2 Å². The minimum absolute atomic E-state index is 0.0791. The topological polar surface area (TPSA) is 52.6 Å². The maximum absolute atomic E-state index is 12.3. The van der Waals surface area contributed by atoms with Crippen LogP contribution in [0, 0.1) is 6.92 Å². The highest BCUT2D eigenvalue weighted by Crippen LogP contribution is 2.32. The molecule has 0 bridgehead atoms. The molecule has 0 saturated carbocycles. The maximum Gasteiger partial charge on any atom is 0.340 e. The molecule has 0 aliphatic heterocycles. The minimum atomic E-state index is -4.04. The van der Waals surface area contributed by atoms with Gasteiger partial charge in [0.2, 0.25) is 0 Å². The summed E-state index contributed by atoms with van der Waals surface area (Å²) >= 11 is 9.18. The Labute approximate surface area is 136 Å². The number of hydrogen-bond acceptors (Lipinski definition) is 4. The second-order valence-corrected chi connectivity index (χ2v) is 7.10. The average molecular weight is 392 g/mol. The SMILES string of the molecule is COc1cc(C)ccc1OS(=O)(=O)c1ccc(Br)cc1Cl. The first-order valence-corrected chi connectivity index (χ1v) is 8.45. The third-order valence-electron chi connectivity index (χ3n) is 2.68. The smallest absolute Gasteiger partial charge is 0.340 e. The molecular formula is C14H12BrClO4S. The molecule has 0 heterocycles. The molecule has 0 aliphatic rings. The van der Waals surface area contributed by atoms with Gasteiger partial charge >= 0.3 is 10.1 Å². The normalized spacial score (nSPS) is 11.2. The average Bonchev–Trinajstić information content (AvgIpc) is 2.40. The van der Waals surface area contributed by atoms with Crippen LogP contribution in [0.3, 0.4) is 0 Å². The minimum Gasteiger partial charge on any atom is -0.493 e. The van der Waals surface area contributed by atoms with Crippen LogP contribution in [0.5, 0.6) is 11.5 Å². The molecule has 0 amide bonds. The Bertz CT molecular complexity index is 775. The molecule has 21 heavy (non-hydrogen) atoms. The van der Waals surface area contributed by atoms with E-state index >= 15 is 0 Å². The van der Waals surface area contributed by atoms with Gasteiger partial charge in [0.05, 0.1) is 12.1 Å². The number of benzene rings is 2. The molecule has 0 spiro atoms. The molecule has 2 rings (SSSR count). The largest absolute Gasteiger partial charge is 0.493 e. The quantitative estimate of drug-likeness (QED) is 0.733. The molecule has 0 fully saturated rings. The second-order valence-electron chi connectivity index (χ2n) is 4.27. The van der Waals surface area contributed by atoms with Gasteiger partial charge in [-0.15, -0.1) is 0 Å². The number of rotatable bonds is 4. The van der Waals surface area contributed by atoms with Gasteiger partial charge in [-0.25, -0.2) is 0 Å². The highest BCUT2D eigenvalue weighted by atomic mass is 79.9. The van der Waals surface area contributed by atoms with Gasteiger partial charge in [0.15, 0.2) is 11.5 Å². The zero-order chi connectivity index (χ0) is 15.6. The molecule has 0 unspecified atom stereocenters. The van der Waals surface area contributed by atoms with Crippen molar-refractivity contribution >= 4 is 37.6 Å². The van der Waals surface area contributed by atoms with Crippen LogP contribution in [-0.2, 0) is 10.1 Å². The summed E-state index contributed by atoms with van der Waals surface area (Å²) in [6.45, 7) is 1.87. The molecule has 2 aromatic carbocycles. The van der Waals surface area contributed by atoms with Crippen molar-refractivity contribution in [2.75, 3.05) is 7.11 Å². The van der Waals surface area contributed by atoms with E-state index in [0.717, 1.165) is 5.56 Å². The first-order valence-electron chi connectivity index (χ1n) is 5.87. The Hall–Kier alpha value is -1.24. The maximum atomic E-state index is 12.3. The van der Waals surface area contributed by atoms with Gasteiger partial charge in [0.25, 0.3) is 0 Å². The van der Waals surface area contributed by atoms with Gasteiger partial charge in [-0.2, -0.15) is 8.42 Å². The van der Waals surface area contributed by atoms with E-state index in [0.29, 0.717) is 10.2 Å². The van der Waals surface area contributed by atoms with Crippen LogP contribution in [-0.4, -0.2) is 15.5 Å². The number of ether oxygens (including phenoxy) is 1. The van der Waals surface area contributed by atoms with E-state index < -0.39 is 10.1 Å². The Morgan fingerprint density at radius 2 is 1.81 bits per heavy atom. The summed E-state index contributed by atoms with van der Waals surface area (Å²) in [4.78, 5) is -0.102. The molecule has 0 aliphatic carbocycles. The number of halogens is 2. The lowest BCUT2D eigenvalue weighted by Gasteiger charge is -2.12. The van der Waals surface area contributed by atoms with Crippen LogP contribution >= 0.6 is 27.5 Å². The van der Waals surface area contributed by atoms with E-state index in [4.69, 9.17) is 20.5 Å². The van der Waals surface area contributed by atoms with Crippen LogP contribution in [0.15, 0.2) is 45.8 Å². The molecule has 0 aromatic heterocycles. The first kappa shape index (κ1) is 16.1. The third-order valence-corrected chi connectivity index (χ3v) is 4.89. The zero-order valence-electron chi connectivity index (χ0n) is 11.3. The van der Waals surface area contributed by atoms with Crippen molar-refractivity contribution in [3.8, 4) is 11.5 Å². The monoisotopic (exact) mass is 390 g/mol. The lowest BCUT2D eigenvalue weighted by atomic mass is 10.2. The van der Waals surface area contributed by atoms with Crippen LogP contribution in [0.4, 0.5) is 0 Å². The molecule has 112 valence electrons. The third kappa shape index (κ3) is 3.70. The summed E-state index contributed by atoms with van der Waals surface area (Å²) < 4.78 is 35.6. The van der Waals surface area contributed by atoms with Crippen LogP contribution in [0.2, 0.25) is 5.02 Å². The summed E-state index contributed by atoms with van der Waals surface area (Å²) in [6.07, 6.45) is 0. The summed E-state index contributed by atoms with van der Waals surface area (Å²) in [5.74, 6) is 0.453. The molecular weight excluding hydrogens is 380 g/mol. The molecule has 7 heteroatoms. The van der Waals surface area contributed by atoms with Crippen molar-refractivity contribution < 1.29 is 17.3 Å². The predicted octanol–water partition coefficient (Wildman–Crippen LogP) is 4.19. The Kier molecular flexibility index (Phi) is 4.81. The summed E-state index contributed by atoms with van der Waals surface area (Å²) in [6, 6.07) is 9.41. The molecule has 0 radical (unpaired) electrons. The summed E-state index contributed by atoms with van der Waals surface area (Å²) in [7, 11) is -2.59. The number of methoxy groups -OCH3 is 1. The van der Waals surface area contributed by atoms with Gasteiger partial charge in [-0.3, -0.25) is 0 Å². The van der Waals surface area contributed by atoms with E-state index in [2.05, 4.69) is 15.9 Å². The fourth-order valence-corrected chi connectivity index (χ4v) is 3.64. The number of hydrogen-bond donors (Lipinski definition) is 0. The van der Waals surface area contributed by atoms with Crippen molar-refractivity contribution in [3.05, 3.63) is 51.5 Å². The Morgan fingerprint density at radius 1 is 1.10 bits per heavy atom. The number of aryl methyl sites for hydroxylation is 1. The molecule has 0 N–H and O–H groups in total. The van der Waals surface area contributed by atoms with Gasteiger partial charge in [0, 0.05) is 4.47 Å².